The highest BCUT2D eigenvalue weighted by Crippen LogP contribution is 2.45. The number of hydrogen-bond donors (Lipinski definition) is 2. The van der Waals surface area contributed by atoms with Gasteiger partial charge in [0.1, 0.15) is 12.4 Å². The molecule has 1 aliphatic rings. The van der Waals surface area contributed by atoms with Crippen molar-refractivity contribution in [1.29, 1.82) is 0 Å². The Morgan fingerprint density at radius 1 is 1.02 bits per heavy atom. The van der Waals surface area contributed by atoms with E-state index in [-0.39, 0.29) is 24.6 Å². The molecule has 0 unspecified atom stereocenters. The van der Waals surface area contributed by atoms with Gasteiger partial charge in [-0.1, -0.05) is 23.8 Å². The summed E-state index contributed by atoms with van der Waals surface area (Å²) in [6, 6.07) is 21.9. The van der Waals surface area contributed by atoms with Gasteiger partial charge in [0.05, 0.1) is 30.6 Å². The summed E-state index contributed by atoms with van der Waals surface area (Å²) in [4.78, 5) is 19.2. The van der Waals surface area contributed by atoms with E-state index >= 15 is 0 Å². The number of carbonyl (C=O) groups is 1. The third-order valence-electron chi connectivity index (χ3n) is 7.19. The van der Waals surface area contributed by atoms with E-state index in [1.165, 1.54) is 12.7 Å². The van der Waals surface area contributed by atoms with Crippen LogP contribution in [0.4, 0.5) is 11.4 Å². The van der Waals surface area contributed by atoms with Crippen LogP contribution in [0, 0.1) is 20.8 Å². The Hall–Kier alpha value is -4.21. The molecular weight excluding hydrogens is 522 g/mol. The van der Waals surface area contributed by atoms with Crippen LogP contribution in [0.15, 0.2) is 72.9 Å². The minimum Gasteiger partial charge on any atom is -0.495 e. The topological polar surface area (TPSA) is 80.7 Å². The number of anilines is 2. The van der Waals surface area contributed by atoms with Crippen LogP contribution in [-0.4, -0.2) is 41.4 Å². The van der Waals surface area contributed by atoms with Crippen LogP contribution in [0.2, 0.25) is 0 Å². The predicted molar refractivity (Wildman–Crippen MR) is 161 cm³/mol. The van der Waals surface area contributed by atoms with E-state index in [2.05, 4.69) is 76.2 Å². The fraction of sp³-hybridized carbons (Fsp3) is 0.258. The molecule has 2 aromatic carbocycles. The SMILES string of the molecule is COCC(=O)Nc1cc(N2C(=S)N[C@H](c3ccccn3)[C@H]2c2cc(C)n(-c3ccc(C)cc3)c2C)ccc1OC. The summed E-state index contributed by atoms with van der Waals surface area (Å²) in [5, 5.41) is 6.99. The van der Waals surface area contributed by atoms with Crippen molar-refractivity contribution in [3.05, 3.63) is 101 Å². The van der Waals surface area contributed by atoms with E-state index < -0.39 is 0 Å². The largest absolute Gasteiger partial charge is 0.495 e. The number of hydrogen-bond acceptors (Lipinski definition) is 5. The van der Waals surface area contributed by atoms with Crippen molar-refractivity contribution in [3.63, 3.8) is 0 Å². The number of ether oxygens (including phenoxy) is 2. The summed E-state index contributed by atoms with van der Waals surface area (Å²) in [7, 11) is 3.06. The number of nitrogens with zero attached hydrogens (tertiary/aromatic N) is 3. The Bertz CT molecular complexity index is 1530. The van der Waals surface area contributed by atoms with Crippen LogP contribution in [0.5, 0.6) is 5.75 Å². The molecule has 1 saturated heterocycles. The third-order valence-corrected chi connectivity index (χ3v) is 7.50. The molecule has 5 rings (SSSR count). The molecule has 0 aliphatic carbocycles. The van der Waals surface area contributed by atoms with Crippen molar-refractivity contribution in [3.8, 4) is 11.4 Å². The van der Waals surface area contributed by atoms with E-state index in [0.717, 1.165) is 34.0 Å². The Labute approximate surface area is 239 Å². The molecule has 9 heteroatoms. The highest BCUT2D eigenvalue weighted by molar-refractivity contribution is 7.80. The van der Waals surface area contributed by atoms with Crippen molar-refractivity contribution in [1.82, 2.24) is 14.9 Å². The number of methoxy groups -OCH3 is 2. The quantitative estimate of drug-likeness (QED) is 0.275. The Balaban J connectivity index is 1.64. The molecule has 4 aromatic rings. The minimum absolute atomic E-state index is 0.0631. The van der Waals surface area contributed by atoms with Gasteiger partial charge >= 0.3 is 0 Å². The third kappa shape index (κ3) is 5.17. The summed E-state index contributed by atoms with van der Waals surface area (Å²) >= 11 is 5.94. The molecule has 3 heterocycles. The first-order chi connectivity index (χ1) is 19.3. The summed E-state index contributed by atoms with van der Waals surface area (Å²) < 4.78 is 12.8. The average Bonchev–Trinajstić information content (AvgIpc) is 3.44. The lowest BCUT2D eigenvalue weighted by atomic mass is 9.96. The monoisotopic (exact) mass is 555 g/mol. The normalized spacial score (nSPS) is 16.6. The molecule has 2 atom stereocenters. The number of pyridine rings is 1. The van der Waals surface area contributed by atoms with E-state index in [0.29, 0.717) is 16.5 Å². The minimum atomic E-state index is -0.273. The van der Waals surface area contributed by atoms with E-state index in [1.807, 2.05) is 36.4 Å². The zero-order valence-corrected chi connectivity index (χ0v) is 24.1. The lowest BCUT2D eigenvalue weighted by Crippen LogP contribution is -2.29. The van der Waals surface area contributed by atoms with Gasteiger partial charge in [-0.3, -0.25) is 9.78 Å². The molecular formula is C31H33N5O3S. The van der Waals surface area contributed by atoms with Crippen LogP contribution in [0.1, 0.15) is 40.3 Å². The molecule has 2 aromatic heterocycles. The number of carbonyl (C=O) groups excluding carboxylic acids is 1. The fourth-order valence-corrected chi connectivity index (χ4v) is 5.73. The number of amides is 1. The first-order valence-electron chi connectivity index (χ1n) is 13.1. The van der Waals surface area contributed by atoms with Crippen LogP contribution in [-0.2, 0) is 9.53 Å². The first-order valence-corrected chi connectivity index (χ1v) is 13.5. The lowest BCUT2D eigenvalue weighted by Gasteiger charge is -2.29. The number of thiocarbonyl (C=S) groups is 1. The van der Waals surface area contributed by atoms with Crippen molar-refractivity contribution in [2.75, 3.05) is 31.0 Å². The van der Waals surface area contributed by atoms with Gasteiger partial charge in [0, 0.05) is 36.1 Å². The highest BCUT2D eigenvalue weighted by atomic mass is 32.1. The van der Waals surface area contributed by atoms with Crippen LogP contribution >= 0.6 is 12.2 Å². The molecule has 40 heavy (non-hydrogen) atoms. The van der Waals surface area contributed by atoms with Gasteiger partial charge in [0.15, 0.2) is 5.11 Å². The van der Waals surface area contributed by atoms with Gasteiger partial charge < -0.3 is 29.6 Å². The zero-order chi connectivity index (χ0) is 28.4. The molecule has 0 bridgehead atoms. The second-order valence-electron chi connectivity index (χ2n) is 9.86. The average molecular weight is 556 g/mol. The highest BCUT2D eigenvalue weighted by Gasteiger charge is 2.42. The van der Waals surface area contributed by atoms with Gasteiger partial charge in [0.2, 0.25) is 5.91 Å². The van der Waals surface area contributed by atoms with Crippen molar-refractivity contribution in [2.45, 2.75) is 32.9 Å². The van der Waals surface area contributed by atoms with Crippen molar-refractivity contribution < 1.29 is 14.3 Å². The standard InChI is InChI=1S/C31H33N5O3S/c1-19-9-11-22(12-10-19)35-20(2)16-24(21(35)3)30-29(25-8-6-7-15-32-25)34-31(40)36(30)23-13-14-27(39-5)26(17-23)33-28(37)18-38-4/h6-17,29-30H,18H2,1-5H3,(H,33,37)(H,34,40)/t29-,30-/m1/s1. The van der Waals surface area contributed by atoms with Gasteiger partial charge in [-0.2, -0.15) is 0 Å². The van der Waals surface area contributed by atoms with Gasteiger partial charge in [0.25, 0.3) is 0 Å². The lowest BCUT2D eigenvalue weighted by molar-refractivity contribution is -0.119. The molecule has 1 fully saturated rings. The molecule has 1 amide bonds. The fourth-order valence-electron chi connectivity index (χ4n) is 5.39. The van der Waals surface area contributed by atoms with Crippen molar-refractivity contribution >= 4 is 34.6 Å². The number of aromatic nitrogens is 2. The predicted octanol–water partition coefficient (Wildman–Crippen LogP) is 5.57. The maximum Gasteiger partial charge on any atom is 0.250 e. The smallest absolute Gasteiger partial charge is 0.250 e. The maximum absolute atomic E-state index is 12.4. The molecule has 2 N–H and O–H groups in total. The van der Waals surface area contributed by atoms with Crippen LogP contribution in [0.3, 0.4) is 0 Å². The second kappa shape index (κ2) is 11.5. The Morgan fingerprint density at radius 3 is 2.45 bits per heavy atom. The van der Waals surface area contributed by atoms with Gasteiger partial charge in [-0.25, -0.2) is 0 Å². The molecule has 0 saturated carbocycles. The Kier molecular flexibility index (Phi) is 7.86. The van der Waals surface area contributed by atoms with E-state index in [9.17, 15) is 4.79 Å². The summed E-state index contributed by atoms with van der Waals surface area (Å²) in [5.41, 5.74) is 7.92. The number of aryl methyl sites for hydroxylation is 2. The number of benzene rings is 2. The number of rotatable bonds is 8. The zero-order valence-electron chi connectivity index (χ0n) is 23.3. The molecule has 0 radical (unpaired) electrons. The summed E-state index contributed by atoms with van der Waals surface area (Å²) in [6.45, 7) is 6.29. The van der Waals surface area contributed by atoms with E-state index in [4.69, 9.17) is 21.7 Å². The first kappa shape index (κ1) is 27.4. The molecule has 1 aliphatic heterocycles. The van der Waals surface area contributed by atoms with Gasteiger partial charge in [-0.05, 0) is 87.1 Å². The Morgan fingerprint density at radius 2 is 1.77 bits per heavy atom. The van der Waals surface area contributed by atoms with Crippen LogP contribution in [0.25, 0.3) is 5.69 Å². The van der Waals surface area contributed by atoms with E-state index in [1.54, 1.807) is 13.3 Å². The summed E-state index contributed by atoms with van der Waals surface area (Å²) in [5.74, 6) is 0.270. The molecule has 8 nitrogen and oxygen atoms in total. The molecule has 206 valence electrons. The number of nitrogens with one attached hydrogen (secondary N) is 2. The van der Waals surface area contributed by atoms with Gasteiger partial charge in [-0.15, -0.1) is 0 Å². The maximum atomic E-state index is 12.4. The summed E-state index contributed by atoms with van der Waals surface area (Å²) in [6.07, 6.45) is 1.80. The molecule has 0 spiro atoms. The van der Waals surface area contributed by atoms with Crippen LogP contribution < -0.4 is 20.3 Å². The van der Waals surface area contributed by atoms with Crippen molar-refractivity contribution in [2.24, 2.45) is 0 Å². The second-order valence-corrected chi connectivity index (χ2v) is 10.2.